The molecule has 3 nitrogen and oxygen atoms in total. The first-order chi connectivity index (χ1) is 9.63. The van der Waals surface area contributed by atoms with E-state index in [1.54, 1.807) is 6.07 Å². The molecule has 0 aliphatic heterocycles. The largest absolute Gasteiger partial charge is 0.330 e. The van der Waals surface area contributed by atoms with Crippen molar-refractivity contribution in [3.8, 4) is 0 Å². The summed E-state index contributed by atoms with van der Waals surface area (Å²) in [6.45, 7) is 0.654. The van der Waals surface area contributed by atoms with Gasteiger partial charge in [-0.25, -0.2) is 18.2 Å². The predicted molar refractivity (Wildman–Crippen MR) is 71.2 cm³/mol. The Hall–Kier alpha value is -2.08. The summed E-state index contributed by atoms with van der Waals surface area (Å²) in [5, 5.41) is 0. The first-order valence-electron chi connectivity index (χ1n) is 6.16. The van der Waals surface area contributed by atoms with E-state index in [9.17, 15) is 13.2 Å². The van der Waals surface area contributed by atoms with Crippen LogP contribution in [0.15, 0.2) is 36.5 Å². The van der Waals surface area contributed by atoms with Crippen LogP contribution in [0.3, 0.4) is 0 Å². The number of nitrogens with two attached hydrogens (primary N) is 1. The molecule has 2 aromatic rings. The molecule has 6 heteroatoms. The van der Waals surface area contributed by atoms with Gasteiger partial charge in [-0.3, -0.25) is 0 Å². The van der Waals surface area contributed by atoms with Crippen molar-refractivity contribution in [2.75, 3.05) is 18.0 Å². The van der Waals surface area contributed by atoms with Gasteiger partial charge in [-0.05, 0) is 25.1 Å². The molecule has 0 radical (unpaired) electrons. The van der Waals surface area contributed by atoms with E-state index in [-0.39, 0.29) is 18.1 Å². The van der Waals surface area contributed by atoms with Crippen molar-refractivity contribution in [1.29, 1.82) is 0 Å². The van der Waals surface area contributed by atoms with Crippen LogP contribution in [0, 0.1) is 17.5 Å². The maximum absolute atomic E-state index is 13.9. The molecule has 1 aromatic heterocycles. The topological polar surface area (TPSA) is 42.1 Å². The lowest BCUT2D eigenvalue weighted by molar-refractivity contribution is 0.568. The molecule has 0 bridgehead atoms. The second-order valence-electron chi connectivity index (χ2n) is 4.20. The molecular formula is C14H14F3N3. The van der Waals surface area contributed by atoms with Crippen LogP contribution in [0.2, 0.25) is 0 Å². The maximum atomic E-state index is 13.9. The number of rotatable bonds is 5. The molecule has 0 atom stereocenters. The van der Waals surface area contributed by atoms with E-state index in [1.807, 2.05) is 0 Å². The highest BCUT2D eigenvalue weighted by molar-refractivity contribution is 5.60. The second kappa shape index (κ2) is 6.38. The van der Waals surface area contributed by atoms with Gasteiger partial charge in [-0.1, -0.05) is 12.1 Å². The third kappa shape index (κ3) is 3.08. The van der Waals surface area contributed by atoms with Gasteiger partial charge in [0.2, 0.25) is 0 Å². The molecular weight excluding hydrogens is 267 g/mol. The Morgan fingerprint density at radius 3 is 2.50 bits per heavy atom. The van der Waals surface area contributed by atoms with Gasteiger partial charge in [0.1, 0.15) is 11.6 Å². The van der Waals surface area contributed by atoms with E-state index < -0.39 is 17.5 Å². The molecule has 0 unspecified atom stereocenters. The number of pyridine rings is 1. The number of aromatic nitrogens is 1. The SMILES string of the molecule is NCCCN(c1ccccc1F)c1ncc(F)cc1F. The Morgan fingerprint density at radius 1 is 1.10 bits per heavy atom. The second-order valence-corrected chi connectivity index (χ2v) is 4.20. The monoisotopic (exact) mass is 281 g/mol. The van der Waals surface area contributed by atoms with E-state index in [0.717, 1.165) is 12.3 Å². The minimum atomic E-state index is -0.842. The zero-order chi connectivity index (χ0) is 14.5. The number of nitrogens with zero attached hydrogens (tertiary/aromatic N) is 2. The lowest BCUT2D eigenvalue weighted by Gasteiger charge is -2.24. The first-order valence-corrected chi connectivity index (χ1v) is 6.16. The molecule has 106 valence electrons. The van der Waals surface area contributed by atoms with Gasteiger partial charge in [0.25, 0.3) is 0 Å². The Bertz CT molecular complexity index is 590. The van der Waals surface area contributed by atoms with Crippen LogP contribution in [0.25, 0.3) is 0 Å². The molecule has 1 heterocycles. The third-order valence-electron chi connectivity index (χ3n) is 2.77. The fourth-order valence-corrected chi connectivity index (χ4v) is 1.87. The summed E-state index contributed by atoms with van der Waals surface area (Å²) in [7, 11) is 0. The minimum Gasteiger partial charge on any atom is -0.330 e. The highest BCUT2D eigenvalue weighted by Gasteiger charge is 2.18. The van der Waals surface area contributed by atoms with Gasteiger partial charge in [-0.15, -0.1) is 0 Å². The summed E-state index contributed by atoms with van der Waals surface area (Å²) in [5.41, 5.74) is 5.62. The molecule has 2 N–H and O–H groups in total. The van der Waals surface area contributed by atoms with E-state index in [4.69, 9.17) is 5.73 Å². The molecule has 1 aromatic carbocycles. The molecule has 0 saturated heterocycles. The number of anilines is 2. The van der Waals surface area contributed by atoms with Crippen molar-refractivity contribution in [1.82, 2.24) is 4.98 Å². The quantitative estimate of drug-likeness (QED) is 0.916. The van der Waals surface area contributed by atoms with Crippen molar-refractivity contribution < 1.29 is 13.2 Å². The fourth-order valence-electron chi connectivity index (χ4n) is 1.87. The van der Waals surface area contributed by atoms with Crippen molar-refractivity contribution in [3.63, 3.8) is 0 Å². The van der Waals surface area contributed by atoms with Crippen LogP contribution in [0.1, 0.15) is 6.42 Å². The average Bonchev–Trinajstić information content (AvgIpc) is 2.42. The van der Waals surface area contributed by atoms with Gasteiger partial charge in [0.05, 0.1) is 11.9 Å². The maximum Gasteiger partial charge on any atom is 0.169 e. The van der Waals surface area contributed by atoms with Gasteiger partial charge in [0, 0.05) is 12.6 Å². The Balaban J connectivity index is 2.44. The zero-order valence-electron chi connectivity index (χ0n) is 10.7. The Morgan fingerprint density at radius 2 is 1.85 bits per heavy atom. The Labute approximate surface area is 114 Å². The molecule has 0 fully saturated rings. The van der Waals surface area contributed by atoms with Gasteiger partial charge >= 0.3 is 0 Å². The predicted octanol–water partition coefficient (Wildman–Crippen LogP) is 2.99. The van der Waals surface area contributed by atoms with Gasteiger partial charge in [-0.2, -0.15) is 0 Å². The molecule has 0 aliphatic rings. The molecule has 0 spiro atoms. The van der Waals surface area contributed by atoms with E-state index in [1.165, 1.54) is 23.1 Å². The smallest absolute Gasteiger partial charge is 0.169 e. The summed E-state index contributed by atoms with van der Waals surface area (Å²) < 4.78 is 40.6. The van der Waals surface area contributed by atoms with Crippen LogP contribution in [-0.2, 0) is 0 Å². The van der Waals surface area contributed by atoms with Crippen LogP contribution >= 0.6 is 0 Å². The Kier molecular flexibility index (Phi) is 4.57. The van der Waals surface area contributed by atoms with Crippen molar-refractivity contribution in [2.24, 2.45) is 5.73 Å². The summed E-state index contributed by atoms with van der Waals surface area (Å²) in [6.07, 6.45) is 1.42. The van der Waals surface area contributed by atoms with Crippen molar-refractivity contribution in [2.45, 2.75) is 6.42 Å². The first kappa shape index (κ1) is 14.3. The van der Waals surface area contributed by atoms with Crippen LogP contribution < -0.4 is 10.6 Å². The number of hydrogen-bond donors (Lipinski definition) is 1. The molecule has 2 rings (SSSR count). The third-order valence-corrected chi connectivity index (χ3v) is 2.77. The van der Waals surface area contributed by atoms with Gasteiger partial charge in [0.15, 0.2) is 11.6 Å². The number of para-hydroxylation sites is 1. The van der Waals surface area contributed by atoms with Crippen LogP contribution in [-0.4, -0.2) is 18.1 Å². The van der Waals surface area contributed by atoms with Crippen molar-refractivity contribution in [3.05, 3.63) is 54.0 Å². The standard InChI is InChI=1S/C14H14F3N3/c15-10-8-12(17)14(19-9-10)20(7-3-6-18)13-5-2-1-4-11(13)16/h1-2,4-5,8-9H,3,6-7,18H2. The number of benzene rings is 1. The fraction of sp³-hybridized carbons (Fsp3) is 0.214. The van der Waals surface area contributed by atoms with E-state index in [0.29, 0.717) is 13.0 Å². The highest BCUT2D eigenvalue weighted by atomic mass is 19.1. The number of halogens is 3. The van der Waals surface area contributed by atoms with Crippen LogP contribution in [0.4, 0.5) is 24.7 Å². The van der Waals surface area contributed by atoms with Crippen molar-refractivity contribution >= 4 is 11.5 Å². The lowest BCUT2D eigenvalue weighted by Crippen LogP contribution is -2.24. The zero-order valence-corrected chi connectivity index (χ0v) is 10.7. The molecule has 0 amide bonds. The lowest BCUT2D eigenvalue weighted by atomic mass is 10.2. The average molecular weight is 281 g/mol. The molecule has 20 heavy (non-hydrogen) atoms. The summed E-state index contributed by atoms with van der Waals surface area (Å²) in [4.78, 5) is 5.08. The highest BCUT2D eigenvalue weighted by Crippen LogP contribution is 2.28. The number of hydrogen-bond acceptors (Lipinski definition) is 3. The summed E-state index contributed by atoms with van der Waals surface area (Å²) in [5.74, 6) is -2.25. The molecule has 0 saturated carbocycles. The van der Waals surface area contributed by atoms with E-state index >= 15 is 0 Å². The normalized spacial score (nSPS) is 10.6. The van der Waals surface area contributed by atoms with Crippen LogP contribution in [0.5, 0.6) is 0 Å². The molecule has 0 aliphatic carbocycles. The summed E-state index contributed by atoms with van der Waals surface area (Å²) in [6, 6.07) is 6.67. The van der Waals surface area contributed by atoms with E-state index in [2.05, 4.69) is 4.98 Å². The van der Waals surface area contributed by atoms with Gasteiger partial charge < -0.3 is 10.6 Å². The summed E-state index contributed by atoms with van der Waals surface area (Å²) >= 11 is 0. The minimum absolute atomic E-state index is 0.120.